The van der Waals surface area contributed by atoms with E-state index in [9.17, 15) is 9.59 Å². The van der Waals surface area contributed by atoms with Crippen molar-refractivity contribution in [1.82, 2.24) is 10.2 Å². The molecular weight excluding hydrogens is 452 g/mol. The van der Waals surface area contributed by atoms with Crippen LogP contribution in [0.2, 0.25) is 0 Å². The Bertz CT molecular complexity index is 1050. The van der Waals surface area contributed by atoms with Gasteiger partial charge in [0.2, 0.25) is 5.91 Å². The number of rotatable bonds is 4. The summed E-state index contributed by atoms with van der Waals surface area (Å²) >= 11 is 0. The molecule has 1 aliphatic heterocycles. The Morgan fingerprint density at radius 3 is 2.72 bits per heavy atom. The quantitative estimate of drug-likeness (QED) is 0.624. The van der Waals surface area contributed by atoms with Gasteiger partial charge in [-0.15, -0.1) is 0 Å². The van der Waals surface area contributed by atoms with Crippen LogP contribution in [0.15, 0.2) is 39.3 Å². The van der Waals surface area contributed by atoms with Gasteiger partial charge < -0.3 is 14.5 Å². The van der Waals surface area contributed by atoms with Gasteiger partial charge in [0.25, 0.3) is 0 Å². The van der Waals surface area contributed by atoms with Gasteiger partial charge in [-0.3, -0.25) is 9.69 Å². The van der Waals surface area contributed by atoms with Gasteiger partial charge >= 0.3 is 5.63 Å². The third-order valence-electron chi connectivity index (χ3n) is 11.0. The number of amides is 1. The molecule has 4 fully saturated rings. The van der Waals surface area contributed by atoms with E-state index in [-0.39, 0.29) is 16.9 Å². The predicted octanol–water partition coefficient (Wildman–Crippen LogP) is 4.50. The smallest absolute Gasteiger partial charge is 0.335 e. The largest absolute Gasteiger partial charge is 0.431 e. The number of morpholine rings is 1. The minimum Gasteiger partial charge on any atom is -0.431 e. The Kier molecular flexibility index (Phi) is 6.40. The van der Waals surface area contributed by atoms with Crippen LogP contribution in [-0.4, -0.2) is 49.7 Å². The van der Waals surface area contributed by atoms with Gasteiger partial charge in [-0.2, -0.15) is 0 Å². The van der Waals surface area contributed by atoms with Crippen LogP contribution in [0.25, 0.3) is 0 Å². The van der Waals surface area contributed by atoms with E-state index in [0.29, 0.717) is 35.8 Å². The fraction of sp³-hybridized carbons (Fsp3) is 0.733. The SMILES string of the molecule is C[C@]12CC[C@H](NC(=O)CN3CCOCC3)C[C@H]1CC[C@H]1C3=CC[C@H](c4ccc(=O)oc4)[C@@]3(C)CC[C@@H]12. The minimum absolute atomic E-state index is 0.176. The van der Waals surface area contributed by atoms with Gasteiger partial charge in [0.1, 0.15) is 0 Å². The second-order valence-corrected chi connectivity index (χ2v) is 12.7. The summed E-state index contributed by atoms with van der Waals surface area (Å²) in [5.41, 5.74) is 3.15. The number of allylic oxidation sites excluding steroid dienone is 2. The van der Waals surface area contributed by atoms with Gasteiger partial charge in [0.05, 0.1) is 26.0 Å². The van der Waals surface area contributed by atoms with Gasteiger partial charge in [-0.1, -0.05) is 25.5 Å². The maximum atomic E-state index is 12.7. The van der Waals surface area contributed by atoms with Crippen molar-refractivity contribution in [3.8, 4) is 0 Å². The Balaban J connectivity index is 1.11. The fourth-order valence-electron chi connectivity index (χ4n) is 9.03. The number of hydrogen-bond acceptors (Lipinski definition) is 5. The molecule has 0 radical (unpaired) electrons. The second-order valence-electron chi connectivity index (χ2n) is 12.7. The first-order valence-corrected chi connectivity index (χ1v) is 14.3. The van der Waals surface area contributed by atoms with Gasteiger partial charge in [-0.05, 0) is 97.5 Å². The lowest BCUT2D eigenvalue weighted by Crippen LogP contribution is -2.54. The summed E-state index contributed by atoms with van der Waals surface area (Å²) < 4.78 is 10.7. The summed E-state index contributed by atoms with van der Waals surface area (Å²) in [6.45, 7) is 8.72. The summed E-state index contributed by atoms with van der Waals surface area (Å²) in [6.07, 6.45) is 13.8. The zero-order chi connectivity index (χ0) is 24.9. The topological polar surface area (TPSA) is 71.8 Å². The first kappa shape index (κ1) is 24.4. The molecule has 1 aromatic rings. The number of ether oxygens (including phenoxy) is 1. The summed E-state index contributed by atoms with van der Waals surface area (Å²) in [7, 11) is 0. The Hall–Kier alpha value is -1.92. The Labute approximate surface area is 214 Å². The zero-order valence-electron chi connectivity index (χ0n) is 22.0. The van der Waals surface area contributed by atoms with Crippen molar-refractivity contribution in [3.05, 3.63) is 46.0 Å². The maximum Gasteiger partial charge on any atom is 0.335 e. The van der Waals surface area contributed by atoms with Gasteiger partial charge in [-0.25, -0.2) is 4.79 Å². The van der Waals surface area contributed by atoms with Crippen LogP contribution in [0.1, 0.15) is 76.7 Å². The molecule has 2 heterocycles. The standard InChI is InChI=1S/C30H42N2O4/c1-29-11-9-22(31-27(33)18-32-13-15-35-16-14-32)17-21(29)4-5-23-25-7-6-24(20-3-8-28(34)36-19-20)30(25,2)12-10-26(23)29/h3,7-8,19,21-24,26H,4-6,9-18H2,1-2H3,(H,31,33)/t21-,22+,23+,24-,26+,29+,30-/m1/s1. The summed E-state index contributed by atoms with van der Waals surface area (Å²) in [5, 5.41) is 3.40. The molecule has 1 aromatic heterocycles. The summed E-state index contributed by atoms with van der Waals surface area (Å²) in [4.78, 5) is 26.5. The molecule has 6 rings (SSSR count). The predicted molar refractivity (Wildman–Crippen MR) is 139 cm³/mol. The normalized spacial score (nSPS) is 40.5. The van der Waals surface area contributed by atoms with Crippen LogP contribution in [0.4, 0.5) is 0 Å². The van der Waals surface area contributed by atoms with E-state index in [1.807, 2.05) is 6.07 Å². The van der Waals surface area contributed by atoms with E-state index < -0.39 is 0 Å². The van der Waals surface area contributed by atoms with E-state index in [1.165, 1.54) is 37.7 Å². The number of hydrogen-bond donors (Lipinski definition) is 1. The fourth-order valence-corrected chi connectivity index (χ4v) is 9.03. The average Bonchev–Trinajstić information content (AvgIpc) is 3.22. The van der Waals surface area contributed by atoms with E-state index in [2.05, 4.69) is 30.1 Å². The van der Waals surface area contributed by atoms with E-state index >= 15 is 0 Å². The highest BCUT2D eigenvalue weighted by molar-refractivity contribution is 5.78. The van der Waals surface area contributed by atoms with E-state index in [1.54, 1.807) is 17.9 Å². The maximum absolute atomic E-state index is 12.7. The van der Waals surface area contributed by atoms with Crippen molar-refractivity contribution < 1.29 is 13.9 Å². The first-order valence-electron chi connectivity index (χ1n) is 14.3. The minimum atomic E-state index is -0.266. The van der Waals surface area contributed by atoms with Crippen molar-refractivity contribution in [2.75, 3.05) is 32.8 Å². The van der Waals surface area contributed by atoms with Gasteiger partial charge in [0, 0.05) is 25.2 Å². The highest BCUT2D eigenvalue weighted by Crippen LogP contribution is 2.67. The lowest BCUT2D eigenvalue weighted by molar-refractivity contribution is -0.125. The van der Waals surface area contributed by atoms with E-state index in [0.717, 1.165) is 51.5 Å². The highest BCUT2D eigenvalue weighted by atomic mass is 16.5. The van der Waals surface area contributed by atoms with Gasteiger partial charge in [0.15, 0.2) is 0 Å². The zero-order valence-corrected chi connectivity index (χ0v) is 22.0. The van der Waals surface area contributed by atoms with Crippen molar-refractivity contribution in [2.24, 2.45) is 28.6 Å². The number of carbonyl (C=O) groups is 1. The van der Waals surface area contributed by atoms with Crippen LogP contribution < -0.4 is 10.9 Å². The van der Waals surface area contributed by atoms with Crippen molar-refractivity contribution in [3.63, 3.8) is 0 Å². The second kappa shape index (κ2) is 9.43. The molecule has 0 unspecified atom stereocenters. The Morgan fingerprint density at radius 2 is 1.94 bits per heavy atom. The third-order valence-corrected chi connectivity index (χ3v) is 11.0. The Morgan fingerprint density at radius 1 is 1.11 bits per heavy atom. The summed E-state index contributed by atoms with van der Waals surface area (Å²) in [6, 6.07) is 3.88. The van der Waals surface area contributed by atoms with Crippen molar-refractivity contribution in [1.29, 1.82) is 0 Å². The molecule has 36 heavy (non-hydrogen) atoms. The number of nitrogens with zero attached hydrogens (tertiary/aromatic N) is 1. The van der Waals surface area contributed by atoms with E-state index in [4.69, 9.17) is 9.15 Å². The highest BCUT2D eigenvalue weighted by Gasteiger charge is 2.57. The molecule has 6 nitrogen and oxygen atoms in total. The molecule has 196 valence electrons. The molecule has 1 N–H and O–H groups in total. The van der Waals surface area contributed by atoms with Crippen LogP contribution in [0.5, 0.6) is 0 Å². The van der Waals surface area contributed by atoms with Crippen molar-refractivity contribution in [2.45, 2.75) is 77.2 Å². The molecule has 1 saturated heterocycles. The van der Waals surface area contributed by atoms with Crippen LogP contribution in [-0.2, 0) is 9.53 Å². The molecular formula is C30H42N2O4. The lowest BCUT2D eigenvalue weighted by atomic mass is 9.45. The first-order chi connectivity index (χ1) is 17.4. The molecule has 3 saturated carbocycles. The molecule has 0 spiro atoms. The van der Waals surface area contributed by atoms with Crippen LogP contribution in [0, 0.1) is 28.6 Å². The molecule has 0 bridgehead atoms. The monoisotopic (exact) mass is 494 g/mol. The summed E-state index contributed by atoms with van der Waals surface area (Å²) in [5.74, 6) is 2.73. The molecule has 5 aliphatic rings. The molecule has 7 atom stereocenters. The number of fused-ring (bicyclic) bond motifs is 5. The molecule has 6 heteroatoms. The van der Waals surface area contributed by atoms with Crippen LogP contribution >= 0.6 is 0 Å². The van der Waals surface area contributed by atoms with Crippen LogP contribution in [0.3, 0.4) is 0 Å². The number of nitrogens with one attached hydrogen (secondary N) is 1. The molecule has 0 aromatic carbocycles. The average molecular weight is 495 g/mol. The van der Waals surface area contributed by atoms with Crippen molar-refractivity contribution >= 4 is 5.91 Å². The lowest BCUT2D eigenvalue weighted by Gasteiger charge is -2.60. The molecule has 4 aliphatic carbocycles. The number of carbonyl (C=O) groups excluding carboxylic acids is 1. The third kappa shape index (κ3) is 4.18. The molecule has 1 amide bonds.